The van der Waals surface area contributed by atoms with Crippen LogP contribution in [0.3, 0.4) is 0 Å². The van der Waals surface area contributed by atoms with Crippen molar-refractivity contribution >= 4 is 54.9 Å². The average molecular weight is 857 g/mol. The number of Topliss-reactive ketones (excluding diaryl/α,β-unsaturated/α-hetero) is 1. The second-order valence-electron chi connectivity index (χ2n) is 13.1. The van der Waals surface area contributed by atoms with Crippen LogP contribution in [0, 0.1) is 11.6 Å². The zero-order chi connectivity index (χ0) is 40.8. The van der Waals surface area contributed by atoms with Crippen LogP contribution >= 0.6 is 22.7 Å². The number of carboxylic acid groups (broad SMARTS) is 1. The molecule has 0 unspecified atom stereocenters. The van der Waals surface area contributed by atoms with Crippen molar-refractivity contribution in [3.8, 4) is 11.5 Å². The van der Waals surface area contributed by atoms with Crippen LogP contribution in [-0.4, -0.2) is 31.5 Å². The molecule has 0 amide bonds. The van der Waals surface area contributed by atoms with Gasteiger partial charge in [-0.25, -0.2) is 13.6 Å². The second kappa shape index (κ2) is 20.5. The predicted molar refractivity (Wildman–Crippen MR) is 224 cm³/mol. The minimum absolute atomic E-state index is 0. The normalized spacial score (nSPS) is 10.6. The average Bonchev–Trinajstić information content (AvgIpc) is 3.90. The van der Waals surface area contributed by atoms with Crippen LogP contribution in [-0.2, 0) is 26.3 Å². The number of aromatic nitrogens is 2. The molecular weight excluding hydrogens is 822 g/mol. The number of nitrogens with zero attached hydrogens (tertiary/aromatic N) is 2. The number of carbonyl (C=O) groups is 2. The SMILES string of the molecule is CC(=O)c1c(OCc2ccccc2)c(=O)n(Cc2cccc(F)c2)c2ccsc12.O=C(O)c1c(OCc2ccccc2)c(=O)n(Cc2cccc(F)c2)c2ccsc12.[Na+].[OH-]. The number of carboxylic acids is 1. The standard InChI is InChI=1S/C23H18FNO3S.C22H16FNO4S.Na.H2O/c1-15(26)20-21(28-14-16-6-3-2-4-7-16)23(27)25(19-10-11-29-22(19)20)13-17-8-5-9-18(24)12-17;23-16-8-4-7-15(11-16)12-24-17-9-10-29-20(17)18(22(26)27)19(21(24)25)28-13-14-5-2-1-3-6-14;;/h2-12H,13-14H2,1H3;1-11H,12-13H2,(H,26,27);;1H2/q;;+1;/p-1. The molecule has 0 aliphatic rings. The molecule has 4 aromatic carbocycles. The molecule has 0 fully saturated rings. The van der Waals surface area contributed by atoms with Gasteiger partial charge in [-0.3, -0.25) is 23.5 Å². The number of rotatable bonds is 12. The molecule has 10 nitrogen and oxygen atoms in total. The van der Waals surface area contributed by atoms with Crippen LogP contribution in [0.5, 0.6) is 11.5 Å². The number of hydrogen-bond donors (Lipinski definition) is 1. The third-order valence-corrected chi connectivity index (χ3v) is 11.0. The molecular formula is C45H35F2N2NaO8S2. The number of ether oxygens (including phenoxy) is 2. The molecule has 0 bridgehead atoms. The molecule has 15 heteroatoms. The van der Waals surface area contributed by atoms with E-state index in [4.69, 9.17) is 9.47 Å². The van der Waals surface area contributed by atoms with Crippen LogP contribution < -0.4 is 50.1 Å². The van der Waals surface area contributed by atoms with Crippen molar-refractivity contribution in [3.63, 3.8) is 0 Å². The summed E-state index contributed by atoms with van der Waals surface area (Å²) in [6.07, 6.45) is 0. The molecule has 0 spiro atoms. The maximum Gasteiger partial charge on any atom is 1.00 e. The summed E-state index contributed by atoms with van der Waals surface area (Å²) in [5.74, 6) is -2.40. The number of pyridine rings is 2. The molecule has 4 heterocycles. The molecule has 8 rings (SSSR count). The second-order valence-corrected chi connectivity index (χ2v) is 15.0. The van der Waals surface area contributed by atoms with E-state index in [1.54, 1.807) is 41.8 Å². The van der Waals surface area contributed by atoms with Gasteiger partial charge >= 0.3 is 35.5 Å². The number of halogens is 2. The van der Waals surface area contributed by atoms with Crippen molar-refractivity contribution in [2.24, 2.45) is 0 Å². The summed E-state index contributed by atoms with van der Waals surface area (Å²) in [7, 11) is 0. The Morgan fingerprint density at radius 1 is 0.600 bits per heavy atom. The number of aromatic carboxylic acids is 1. The summed E-state index contributed by atoms with van der Waals surface area (Å²) in [5, 5.41) is 13.3. The first kappa shape index (κ1) is 45.3. The summed E-state index contributed by atoms with van der Waals surface area (Å²) in [4.78, 5) is 50.8. The summed E-state index contributed by atoms with van der Waals surface area (Å²) in [6, 6.07) is 34.2. The monoisotopic (exact) mass is 856 g/mol. The third kappa shape index (κ3) is 10.2. The molecule has 0 saturated heterocycles. The Labute approximate surface area is 372 Å². The summed E-state index contributed by atoms with van der Waals surface area (Å²) >= 11 is 2.60. The van der Waals surface area contributed by atoms with Gasteiger partial charge in [0.15, 0.2) is 11.5 Å². The van der Waals surface area contributed by atoms with Crippen LogP contribution in [0.4, 0.5) is 8.78 Å². The van der Waals surface area contributed by atoms with Crippen LogP contribution in [0.2, 0.25) is 0 Å². The van der Waals surface area contributed by atoms with Crippen molar-refractivity contribution in [2.45, 2.75) is 33.2 Å². The number of hydrogen-bond acceptors (Lipinski definition) is 9. The van der Waals surface area contributed by atoms with Gasteiger partial charge in [0, 0.05) is 0 Å². The van der Waals surface area contributed by atoms with Gasteiger partial charge in [-0.1, -0.05) is 84.9 Å². The summed E-state index contributed by atoms with van der Waals surface area (Å²) in [5.41, 5.74) is 3.26. The molecule has 0 atom stereocenters. The van der Waals surface area contributed by atoms with Crippen LogP contribution in [0.25, 0.3) is 20.4 Å². The number of ketones is 1. The first-order valence-electron chi connectivity index (χ1n) is 17.9. The maximum atomic E-state index is 13.6. The molecule has 0 saturated carbocycles. The largest absolute Gasteiger partial charge is 1.00 e. The Balaban J connectivity index is 0.000000220. The Morgan fingerprint density at radius 2 is 1.00 bits per heavy atom. The smallest absolute Gasteiger partial charge is 0.870 e. The quantitative estimate of drug-likeness (QED) is 0.110. The van der Waals surface area contributed by atoms with E-state index >= 15 is 0 Å². The molecule has 2 N–H and O–H groups in total. The molecule has 8 aromatic rings. The zero-order valence-electron chi connectivity index (χ0n) is 32.3. The van der Waals surface area contributed by atoms with Gasteiger partial charge in [-0.05, 0) is 76.3 Å². The molecule has 0 aliphatic heterocycles. The predicted octanol–water partition coefficient (Wildman–Crippen LogP) is 6.39. The molecule has 60 heavy (non-hydrogen) atoms. The molecule has 0 radical (unpaired) electrons. The van der Waals surface area contributed by atoms with Crippen LogP contribution in [0.15, 0.2) is 142 Å². The molecule has 300 valence electrons. The Bertz CT molecular complexity index is 2700. The van der Waals surface area contributed by atoms with Crippen molar-refractivity contribution in [1.82, 2.24) is 9.13 Å². The number of benzene rings is 4. The van der Waals surface area contributed by atoms with E-state index in [9.17, 15) is 33.1 Å². The summed E-state index contributed by atoms with van der Waals surface area (Å²) < 4.78 is 42.9. The third-order valence-electron chi connectivity index (χ3n) is 9.13. The minimum atomic E-state index is -1.23. The fourth-order valence-corrected chi connectivity index (χ4v) is 8.40. The zero-order valence-corrected chi connectivity index (χ0v) is 36.0. The van der Waals surface area contributed by atoms with Crippen molar-refractivity contribution in [1.29, 1.82) is 0 Å². The Morgan fingerprint density at radius 3 is 1.40 bits per heavy atom. The number of fused-ring (bicyclic) bond motifs is 2. The Kier molecular flexibility index (Phi) is 15.5. The maximum absolute atomic E-state index is 13.6. The van der Waals surface area contributed by atoms with Gasteiger partial charge in [-0.15, -0.1) is 22.7 Å². The first-order valence-corrected chi connectivity index (χ1v) is 19.7. The van der Waals surface area contributed by atoms with E-state index in [2.05, 4.69) is 0 Å². The topological polar surface area (TPSA) is 147 Å². The van der Waals surface area contributed by atoms with Gasteiger partial charge in [-0.2, -0.15) is 0 Å². The fourth-order valence-electron chi connectivity index (χ4n) is 6.48. The summed E-state index contributed by atoms with van der Waals surface area (Å²) in [6.45, 7) is 1.95. The first-order chi connectivity index (χ1) is 28.1. The minimum Gasteiger partial charge on any atom is -0.870 e. The van der Waals surface area contributed by atoms with E-state index in [0.29, 0.717) is 37.1 Å². The van der Waals surface area contributed by atoms with E-state index in [1.165, 1.54) is 63.0 Å². The van der Waals surface area contributed by atoms with E-state index in [-0.39, 0.29) is 90.0 Å². The van der Waals surface area contributed by atoms with Crippen molar-refractivity contribution < 1.29 is 68.0 Å². The Hall–Kier alpha value is -5.74. The van der Waals surface area contributed by atoms with Gasteiger partial charge in [0.05, 0.1) is 39.1 Å². The van der Waals surface area contributed by atoms with Gasteiger partial charge in [0.25, 0.3) is 11.1 Å². The van der Waals surface area contributed by atoms with Crippen molar-refractivity contribution in [3.05, 3.63) is 198 Å². The van der Waals surface area contributed by atoms with Gasteiger partial charge < -0.3 is 20.1 Å². The number of carbonyl (C=O) groups excluding carboxylic acids is 1. The van der Waals surface area contributed by atoms with E-state index in [1.807, 2.05) is 66.0 Å². The molecule has 4 aromatic heterocycles. The van der Waals surface area contributed by atoms with Crippen LogP contribution in [0.1, 0.15) is 49.9 Å². The van der Waals surface area contributed by atoms with Gasteiger partial charge in [0.1, 0.15) is 30.4 Å². The molecule has 0 aliphatic carbocycles. The number of thiophene rings is 2. The fraction of sp³-hybridized carbons (Fsp3) is 0.111. The van der Waals surface area contributed by atoms with E-state index in [0.717, 1.165) is 11.1 Å². The van der Waals surface area contributed by atoms with Gasteiger partial charge in [0.2, 0.25) is 5.75 Å². The van der Waals surface area contributed by atoms with Crippen molar-refractivity contribution in [2.75, 3.05) is 0 Å². The van der Waals surface area contributed by atoms with E-state index < -0.39 is 22.9 Å².